The molecule has 4 N–H and O–H groups in total. The van der Waals surface area contributed by atoms with Crippen LogP contribution in [-0.2, 0) is 15.8 Å². The lowest BCUT2D eigenvalue weighted by Crippen LogP contribution is -2.16. The second-order valence-corrected chi connectivity index (χ2v) is 8.84. The molecule has 0 radical (unpaired) electrons. The molecule has 196 valence electrons. The van der Waals surface area contributed by atoms with Crippen LogP contribution < -0.4 is 10.7 Å². The second-order valence-electron chi connectivity index (χ2n) is 8.84. The summed E-state index contributed by atoms with van der Waals surface area (Å²) in [4.78, 5) is 24.0. The van der Waals surface area contributed by atoms with Crippen molar-refractivity contribution in [3.05, 3.63) is 81.9 Å². The molecule has 1 aliphatic heterocycles. The summed E-state index contributed by atoms with van der Waals surface area (Å²) in [6.07, 6.45) is -2.95. The molecular weight excluding hydrogens is 499 g/mol. The highest BCUT2D eigenvalue weighted by Crippen LogP contribution is 2.45. The van der Waals surface area contributed by atoms with Crippen LogP contribution in [-0.4, -0.2) is 27.8 Å². The summed E-state index contributed by atoms with van der Waals surface area (Å²) in [5, 5.41) is 26.2. The number of carbonyl (C=O) groups is 2. The van der Waals surface area contributed by atoms with Gasteiger partial charge in [0.2, 0.25) is 0 Å². The molecule has 0 aromatic heterocycles. The van der Waals surface area contributed by atoms with Crippen LogP contribution >= 0.6 is 0 Å². The molecule has 3 aromatic carbocycles. The summed E-state index contributed by atoms with van der Waals surface area (Å²) < 4.78 is 41.8. The van der Waals surface area contributed by atoms with Crippen molar-refractivity contribution in [2.45, 2.75) is 33.4 Å². The number of benzene rings is 3. The van der Waals surface area contributed by atoms with Gasteiger partial charge in [-0.2, -0.15) is 18.3 Å². The molecule has 4 rings (SSSR count). The lowest BCUT2D eigenvalue weighted by atomic mass is 9.92. The minimum absolute atomic E-state index is 0.000833. The summed E-state index contributed by atoms with van der Waals surface area (Å²) in [6, 6.07) is 11.4. The number of anilines is 2. The number of carboxylic acids is 1. The summed E-state index contributed by atoms with van der Waals surface area (Å²) in [6.45, 7) is 5.34. The number of rotatable bonds is 6. The van der Waals surface area contributed by atoms with Gasteiger partial charge < -0.3 is 15.5 Å². The summed E-state index contributed by atoms with van der Waals surface area (Å²) in [5.74, 6) is -2.03. The fraction of sp³-hybridized carbons (Fsp3) is 0.179. The van der Waals surface area contributed by atoms with Crippen molar-refractivity contribution in [3.63, 3.8) is 0 Å². The lowest BCUT2D eigenvalue weighted by Gasteiger charge is -2.17. The van der Waals surface area contributed by atoms with Crippen LogP contribution in [0.4, 0.5) is 24.5 Å². The minimum atomic E-state index is -4.66. The number of aryl methyl sites for hydroxylation is 2. The van der Waals surface area contributed by atoms with Crippen molar-refractivity contribution < 1.29 is 33.0 Å². The van der Waals surface area contributed by atoms with E-state index in [1.54, 1.807) is 38.1 Å². The van der Waals surface area contributed by atoms with Gasteiger partial charge in [-0.3, -0.25) is 10.2 Å². The molecule has 1 aliphatic rings. The third kappa shape index (κ3) is 5.10. The number of alkyl halides is 3. The van der Waals surface area contributed by atoms with Gasteiger partial charge >= 0.3 is 12.1 Å². The van der Waals surface area contributed by atoms with E-state index in [-0.39, 0.29) is 39.5 Å². The Morgan fingerprint density at radius 1 is 1.08 bits per heavy atom. The zero-order valence-electron chi connectivity index (χ0n) is 20.7. The Labute approximate surface area is 216 Å². The first kappa shape index (κ1) is 26.5. The third-order valence-corrected chi connectivity index (χ3v) is 6.32. The van der Waals surface area contributed by atoms with Crippen LogP contribution in [0, 0.1) is 13.8 Å². The Balaban J connectivity index is 1.74. The van der Waals surface area contributed by atoms with Gasteiger partial charge in [0.15, 0.2) is 5.71 Å². The SMILES string of the molecule is CCC(=Cc1ccc(NN=C2C(=O)Nc3c2ccc(C(F)(F)F)c3-c2ccc(C)c(C)c2)c(O)c1)C(=O)O. The Kier molecular flexibility index (Phi) is 6.99. The first-order valence-corrected chi connectivity index (χ1v) is 11.6. The van der Waals surface area contributed by atoms with E-state index in [1.165, 1.54) is 24.3 Å². The third-order valence-electron chi connectivity index (χ3n) is 6.32. The number of carbonyl (C=O) groups excluding carboxylic acids is 1. The highest BCUT2D eigenvalue weighted by Gasteiger charge is 2.39. The van der Waals surface area contributed by atoms with Crippen molar-refractivity contribution in [1.82, 2.24) is 0 Å². The quantitative estimate of drug-likeness (QED) is 0.171. The van der Waals surface area contributed by atoms with E-state index in [2.05, 4.69) is 15.8 Å². The van der Waals surface area contributed by atoms with E-state index >= 15 is 0 Å². The van der Waals surface area contributed by atoms with Crippen LogP contribution in [0.2, 0.25) is 0 Å². The molecular formula is C28H24F3N3O4. The van der Waals surface area contributed by atoms with Crippen LogP contribution in [0.3, 0.4) is 0 Å². The van der Waals surface area contributed by atoms with Gasteiger partial charge in [-0.1, -0.05) is 31.2 Å². The average molecular weight is 524 g/mol. The normalized spacial score (nSPS) is 14.4. The predicted molar refractivity (Wildman–Crippen MR) is 139 cm³/mol. The standard InChI is InChI=1S/C28H24F3N3O4/c1-4-17(27(37)38)12-16-6-10-21(22(35)13-16)33-34-25-19-8-9-20(28(29,30)31)23(24(19)32-26(25)36)18-7-5-14(2)15(3)11-18/h5-13,33,35H,4H2,1-3H3,(H,37,38)(H,32,34,36). The number of hydrogen-bond donors (Lipinski definition) is 4. The van der Waals surface area contributed by atoms with Crippen LogP contribution in [0.25, 0.3) is 17.2 Å². The number of carboxylic acid groups (broad SMARTS) is 1. The number of aliphatic carboxylic acids is 1. The molecule has 1 amide bonds. The van der Waals surface area contributed by atoms with Gasteiger partial charge in [0.25, 0.3) is 5.91 Å². The fourth-order valence-corrected chi connectivity index (χ4v) is 4.13. The molecule has 10 heteroatoms. The summed E-state index contributed by atoms with van der Waals surface area (Å²) in [5.41, 5.74) is 4.31. The average Bonchev–Trinajstić information content (AvgIpc) is 3.17. The van der Waals surface area contributed by atoms with Gasteiger partial charge in [-0.25, -0.2) is 4.79 Å². The first-order valence-electron chi connectivity index (χ1n) is 11.6. The van der Waals surface area contributed by atoms with Gasteiger partial charge in [0, 0.05) is 16.7 Å². The van der Waals surface area contributed by atoms with Crippen LogP contribution in [0.5, 0.6) is 5.75 Å². The number of hydrazone groups is 1. The van der Waals surface area contributed by atoms with Crippen molar-refractivity contribution >= 4 is 35.0 Å². The molecule has 38 heavy (non-hydrogen) atoms. The number of hydrogen-bond acceptors (Lipinski definition) is 5. The molecule has 0 aliphatic carbocycles. The Bertz CT molecular complexity index is 1520. The number of fused-ring (bicyclic) bond motifs is 1. The monoisotopic (exact) mass is 523 g/mol. The van der Waals surface area contributed by atoms with Crippen molar-refractivity contribution in [2.24, 2.45) is 5.10 Å². The Morgan fingerprint density at radius 3 is 2.42 bits per heavy atom. The van der Waals surface area contributed by atoms with E-state index in [9.17, 15) is 33.0 Å². The molecule has 0 atom stereocenters. The van der Waals surface area contributed by atoms with E-state index in [4.69, 9.17) is 0 Å². The number of nitrogens with zero attached hydrogens (tertiary/aromatic N) is 1. The van der Waals surface area contributed by atoms with Crippen molar-refractivity contribution in [2.75, 3.05) is 10.7 Å². The highest BCUT2D eigenvalue weighted by atomic mass is 19.4. The highest BCUT2D eigenvalue weighted by molar-refractivity contribution is 6.54. The number of amides is 1. The maximum Gasteiger partial charge on any atom is 0.417 e. The molecule has 0 spiro atoms. The fourth-order valence-electron chi connectivity index (χ4n) is 4.13. The molecule has 0 saturated carbocycles. The van der Waals surface area contributed by atoms with Gasteiger partial charge in [-0.05, 0) is 72.9 Å². The number of halogens is 3. The Hall–Kier alpha value is -4.60. The number of phenols is 1. The largest absolute Gasteiger partial charge is 0.506 e. The van der Waals surface area contributed by atoms with Gasteiger partial charge in [0.05, 0.1) is 16.9 Å². The van der Waals surface area contributed by atoms with E-state index in [0.29, 0.717) is 17.5 Å². The topological polar surface area (TPSA) is 111 Å². The van der Waals surface area contributed by atoms with Crippen LogP contribution in [0.1, 0.15) is 41.2 Å². The number of nitrogens with one attached hydrogen (secondary N) is 2. The molecule has 0 fully saturated rings. The van der Waals surface area contributed by atoms with E-state index in [1.807, 2.05) is 6.92 Å². The van der Waals surface area contributed by atoms with Crippen LogP contribution in [0.15, 0.2) is 59.2 Å². The zero-order valence-corrected chi connectivity index (χ0v) is 20.7. The van der Waals surface area contributed by atoms with Gasteiger partial charge in [-0.15, -0.1) is 0 Å². The number of aromatic hydroxyl groups is 1. The predicted octanol–water partition coefficient (Wildman–Crippen LogP) is 6.34. The minimum Gasteiger partial charge on any atom is -0.506 e. The maximum atomic E-state index is 13.9. The summed E-state index contributed by atoms with van der Waals surface area (Å²) in [7, 11) is 0. The summed E-state index contributed by atoms with van der Waals surface area (Å²) >= 11 is 0. The Morgan fingerprint density at radius 2 is 1.82 bits per heavy atom. The second kappa shape index (κ2) is 10.0. The smallest absolute Gasteiger partial charge is 0.417 e. The molecule has 0 saturated heterocycles. The first-order chi connectivity index (χ1) is 17.9. The lowest BCUT2D eigenvalue weighted by molar-refractivity contribution is -0.137. The van der Waals surface area contributed by atoms with E-state index in [0.717, 1.165) is 17.2 Å². The molecule has 1 heterocycles. The number of phenolic OH excluding ortho intramolecular Hbond substituents is 1. The molecule has 3 aromatic rings. The molecule has 0 bridgehead atoms. The zero-order chi connectivity index (χ0) is 27.8. The van der Waals surface area contributed by atoms with E-state index < -0.39 is 23.6 Å². The maximum absolute atomic E-state index is 13.9. The van der Waals surface area contributed by atoms with Crippen molar-refractivity contribution in [1.29, 1.82) is 0 Å². The van der Waals surface area contributed by atoms with Gasteiger partial charge in [0.1, 0.15) is 5.75 Å². The molecule has 7 nitrogen and oxygen atoms in total. The van der Waals surface area contributed by atoms with Crippen molar-refractivity contribution in [3.8, 4) is 16.9 Å². The molecule has 0 unspecified atom stereocenters.